The van der Waals surface area contributed by atoms with Crippen molar-refractivity contribution in [3.05, 3.63) is 0 Å². The van der Waals surface area contributed by atoms with Crippen LogP contribution in [0.4, 0.5) is 0 Å². The normalized spacial score (nSPS) is 19.7. The van der Waals surface area contributed by atoms with Crippen LogP contribution in [0.1, 0.15) is 60.3 Å². The van der Waals surface area contributed by atoms with Crippen molar-refractivity contribution in [3.63, 3.8) is 0 Å². The summed E-state index contributed by atoms with van der Waals surface area (Å²) in [6, 6.07) is 0. The van der Waals surface area contributed by atoms with Gasteiger partial charge in [0.2, 0.25) is 17.7 Å². The topological polar surface area (TPSA) is 94.6 Å². The minimum atomic E-state index is -0.251. The van der Waals surface area contributed by atoms with Crippen molar-refractivity contribution in [2.75, 3.05) is 72.5 Å². The van der Waals surface area contributed by atoms with Crippen LogP contribution in [0, 0.1) is 23.2 Å². The fourth-order valence-corrected chi connectivity index (χ4v) is 4.65. The molecule has 2 fully saturated rings. The summed E-state index contributed by atoms with van der Waals surface area (Å²) < 4.78 is 22.0. The van der Waals surface area contributed by atoms with E-state index in [2.05, 4.69) is 13.8 Å². The Balaban J connectivity index is 1.36. The summed E-state index contributed by atoms with van der Waals surface area (Å²) in [7, 11) is 0. The Morgan fingerprint density at radius 2 is 1.36 bits per heavy atom. The maximum Gasteiger partial charge on any atom is 0.233 e. The number of carbonyl (C=O) groups excluding carboxylic acids is 3. The molecule has 9 heteroatoms. The van der Waals surface area contributed by atoms with Crippen molar-refractivity contribution >= 4 is 17.7 Å². The lowest BCUT2D eigenvalue weighted by Gasteiger charge is -2.34. The first-order chi connectivity index (χ1) is 17.1. The molecule has 36 heavy (non-hydrogen) atoms. The lowest BCUT2D eigenvalue weighted by Crippen LogP contribution is -2.39. The highest BCUT2D eigenvalue weighted by molar-refractivity contribution is 6.03. The van der Waals surface area contributed by atoms with Crippen molar-refractivity contribution in [1.82, 2.24) is 9.80 Å². The van der Waals surface area contributed by atoms with Gasteiger partial charge in [-0.3, -0.25) is 19.3 Å². The van der Waals surface area contributed by atoms with Gasteiger partial charge in [-0.2, -0.15) is 0 Å². The summed E-state index contributed by atoms with van der Waals surface area (Å²) in [6.07, 6.45) is 2.91. The molecular formula is C27H48N2O7. The summed E-state index contributed by atoms with van der Waals surface area (Å²) in [6.45, 7) is 15.9. The largest absolute Gasteiger partial charge is 0.379 e. The number of hydrogen-bond donors (Lipinski definition) is 0. The second kappa shape index (κ2) is 15.6. The van der Waals surface area contributed by atoms with Gasteiger partial charge in [0.1, 0.15) is 0 Å². The van der Waals surface area contributed by atoms with E-state index < -0.39 is 0 Å². The quantitative estimate of drug-likeness (QED) is 0.232. The first-order valence-corrected chi connectivity index (χ1v) is 13.5. The van der Waals surface area contributed by atoms with E-state index in [9.17, 15) is 14.4 Å². The van der Waals surface area contributed by atoms with E-state index in [0.717, 1.165) is 31.8 Å². The van der Waals surface area contributed by atoms with Gasteiger partial charge in [0.05, 0.1) is 71.7 Å². The van der Waals surface area contributed by atoms with E-state index in [1.807, 2.05) is 25.7 Å². The molecule has 2 heterocycles. The summed E-state index contributed by atoms with van der Waals surface area (Å²) in [5.74, 6) is 1.15. The van der Waals surface area contributed by atoms with E-state index in [0.29, 0.717) is 65.2 Å². The molecule has 0 spiro atoms. The van der Waals surface area contributed by atoms with Gasteiger partial charge in [-0.1, -0.05) is 34.6 Å². The molecule has 0 bridgehead atoms. The highest BCUT2D eigenvalue weighted by atomic mass is 16.6. The molecule has 0 N–H and O–H groups in total. The maximum atomic E-state index is 12.4. The Bertz CT molecular complexity index is 684. The molecular weight excluding hydrogens is 464 g/mol. The molecule has 2 aliphatic rings. The van der Waals surface area contributed by atoms with Crippen molar-refractivity contribution in [1.29, 1.82) is 0 Å². The fraction of sp³-hybridized carbons (Fsp3) is 0.889. The predicted molar refractivity (Wildman–Crippen MR) is 136 cm³/mol. The Hall–Kier alpha value is -1.55. The first kappa shape index (κ1) is 30.7. The van der Waals surface area contributed by atoms with E-state index in [1.165, 1.54) is 4.90 Å². The Kier molecular flexibility index (Phi) is 13.3. The summed E-state index contributed by atoms with van der Waals surface area (Å²) in [5.41, 5.74) is -0.214. The number of piperidine rings is 1. The molecule has 0 aromatic rings. The number of hydrogen-bond acceptors (Lipinski definition) is 7. The number of imide groups is 1. The SMILES string of the molecule is CC(C)C1CCN(C(=O)CCOCCOCCOCCOCCN2C(=O)CC(C(C)(C)C)C2=O)CC1. The number of ether oxygens (including phenoxy) is 4. The molecule has 208 valence electrons. The number of rotatable bonds is 16. The van der Waals surface area contributed by atoms with Gasteiger partial charge in [0.15, 0.2) is 0 Å². The van der Waals surface area contributed by atoms with E-state index in [1.54, 1.807) is 0 Å². The van der Waals surface area contributed by atoms with Crippen molar-refractivity contribution < 1.29 is 33.3 Å². The van der Waals surface area contributed by atoms with Gasteiger partial charge in [0.25, 0.3) is 0 Å². The minimum Gasteiger partial charge on any atom is -0.379 e. The zero-order chi connectivity index (χ0) is 26.6. The molecule has 2 saturated heterocycles. The van der Waals surface area contributed by atoms with Crippen LogP contribution in [0.3, 0.4) is 0 Å². The average molecular weight is 513 g/mol. The van der Waals surface area contributed by atoms with Crippen molar-refractivity contribution in [3.8, 4) is 0 Å². The first-order valence-electron chi connectivity index (χ1n) is 13.5. The Morgan fingerprint density at radius 3 is 1.83 bits per heavy atom. The van der Waals surface area contributed by atoms with Crippen LogP contribution in [0.5, 0.6) is 0 Å². The van der Waals surface area contributed by atoms with Crippen LogP contribution in [-0.2, 0) is 33.3 Å². The van der Waals surface area contributed by atoms with Crippen LogP contribution in [0.15, 0.2) is 0 Å². The molecule has 0 radical (unpaired) electrons. The van der Waals surface area contributed by atoms with E-state index in [4.69, 9.17) is 18.9 Å². The van der Waals surface area contributed by atoms with E-state index in [-0.39, 0.29) is 42.0 Å². The van der Waals surface area contributed by atoms with Gasteiger partial charge in [0, 0.05) is 19.5 Å². The molecule has 1 atom stereocenters. The molecule has 3 amide bonds. The van der Waals surface area contributed by atoms with Crippen LogP contribution in [0.25, 0.3) is 0 Å². The lowest BCUT2D eigenvalue weighted by atomic mass is 9.80. The maximum absolute atomic E-state index is 12.4. The zero-order valence-electron chi connectivity index (χ0n) is 23.1. The molecule has 0 saturated carbocycles. The number of amides is 3. The molecule has 2 aliphatic heterocycles. The Morgan fingerprint density at radius 1 is 0.861 bits per heavy atom. The average Bonchev–Trinajstić information content (AvgIpc) is 3.12. The second-order valence-electron chi connectivity index (χ2n) is 11.2. The van der Waals surface area contributed by atoms with Gasteiger partial charge >= 0.3 is 0 Å². The zero-order valence-corrected chi connectivity index (χ0v) is 23.1. The predicted octanol–water partition coefficient (Wildman–Crippen LogP) is 2.76. The smallest absolute Gasteiger partial charge is 0.233 e. The second-order valence-corrected chi connectivity index (χ2v) is 11.2. The standard InChI is InChI=1S/C27H48N2O7/c1-21(2)22-6-9-28(10-7-22)24(30)8-12-33-14-16-35-18-19-36-17-15-34-13-11-29-25(31)20-23(26(29)32)27(3,4)5/h21-23H,6-20H2,1-5H3. The number of carbonyl (C=O) groups is 3. The molecule has 9 nitrogen and oxygen atoms in total. The van der Waals surface area contributed by atoms with Crippen LogP contribution < -0.4 is 0 Å². The summed E-state index contributed by atoms with van der Waals surface area (Å²) >= 11 is 0. The highest BCUT2D eigenvalue weighted by Gasteiger charge is 2.44. The third-order valence-electron chi connectivity index (χ3n) is 7.16. The minimum absolute atomic E-state index is 0.0955. The number of nitrogens with zero attached hydrogens (tertiary/aromatic N) is 2. The third-order valence-corrected chi connectivity index (χ3v) is 7.16. The molecule has 0 aliphatic carbocycles. The summed E-state index contributed by atoms with van der Waals surface area (Å²) in [5, 5.41) is 0. The molecule has 1 unspecified atom stereocenters. The highest BCUT2D eigenvalue weighted by Crippen LogP contribution is 2.35. The van der Waals surface area contributed by atoms with Crippen LogP contribution in [0.2, 0.25) is 0 Å². The van der Waals surface area contributed by atoms with Crippen LogP contribution in [-0.4, -0.2) is 100 Å². The van der Waals surface area contributed by atoms with Crippen molar-refractivity contribution in [2.45, 2.75) is 60.3 Å². The number of likely N-dealkylation sites (tertiary alicyclic amines) is 2. The van der Waals surface area contributed by atoms with Gasteiger partial charge in [-0.25, -0.2) is 0 Å². The summed E-state index contributed by atoms with van der Waals surface area (Å²) in [4.78, 5) is 40.1. The lowest BCUT2D eigenvalue weighted by molar-refractivity contribution is -0.141. The van der Waals surface area contributed by atoms with Crippen molar-refractivity contribution in [2.24, 2.45) is 23.2 Å². The van der Waals surface area contributed by atoms with Gasteiger partial charge in [-0.15, -0.1) is 0 Å². The molecule has 2 rings (SSSR count). The molecule has 0 aromatic carbocycles. The van der Waals surface area contributed by atoms with Gasteiger partial charge < -0.3 is 23.8 Å². The Labute approximate surface area is 217 Å². The third kappa shape index (κ3) is 10.4. The monoisotopic (exact) mass is 512 g/mol. The molecule has 0 aromatic heterocycles. The fourth-order valence-electron chi connectivity index (χ4n) is 4.65. The van der Waals surface area contributed by atoms with E-state index >= 15 is 0 Å². The van der Waals surface area contributed by atoms with Crippen LogP contribution >= 0.6 is 0 Å². The van der Waals surface area contributed by atoms with Gasteiger partial charge in [-0.05, 0) is 30.1 Å².